The predicted molar refractivity (Wildman–Crippen MR) is 108 cm³/mol. The quantitative estimate of drug-likeness (QED) is 0.649. The maximum absolute atomic E-state index is 12.7. The Morgan fingerprint density at radius 2 is 2.10 bits per heavy atom. The Bertz CT molecular complexity index is 792. The molecule has 0 aromatic carbocycles. The first kappa shape index (κ1) is 21.0. The van der Waals surface area contributed by atoms with Crippen LogP contribution in [0.2, 0.25) is 0 Å². The van der Waals surface area contributed by atoms with E-state index >= 15 is 0 Å². The SMILES string of the molecule is COCCC1(c2noc(C3CCOCC3)n2)CCN(C(=O)CCn2ccnc2)CC1. The molecule has 9 nitrogen and oxygen atoms in total. The van der Waals surface area contributed by atoms with Gasteiger partial charge in [-0.05, 0) is 32.1 Å². The number of amides is 1. The van der Waals surface area contributed by atoms with Crippen molar-refractivity contribution >= 4 is 5.91 Å². The molecule has 1 amide bonds. The molecule has 2 saturated heterocycles. The molecule has 0 bridgehead atoms. The number of nitrogens with zero attached hydrogens (tertiary/aromatic N) is 5. The molecule has 2 aliphatic rings. The van der Waals surface area contributed by atoms with Crippen LogP contribution in [0.3, 0.4) is 0 Å². The Hall–Kier alpha value is -2.26. The van der Waals surface area contributed by atoms with Crippen LogP contribution in [0.5, 0.6) is 0 Å². The number of aromatic nitrogens is 4. The fourth-order valence-electron chi connectivity index (χ4n) is 4.43. The fourth-order valence-corrected chi connectivity index (χ4v) is 4.43. The van der Waals surface area contributed by atoms with E-state index < -0.39 is 0 Å². The van der Waals surface area contributed by atoms with Crippen molar-refractivity contribution in [3.63, 3.8) is 0 Å². The van der Waals surface area contributed by atoms with Gasteiger partial charge >= 0.3 is 0 Å². The number of piperidine rings is 1. The van der Waals surface area contributed by atoms with Gasteiger partial charge in [0.15, 0.2) is 5.82 Å². The number of carbonyl (C=O) groups excluding carboxylic acids is 1. The van der Waals surface area contributed by atoms with Gasteiger partial charge in [0.05, 0.1) is 6.33 Å². The molecule has 4 rings (SSSR count). The van der Waals surface area contributed by atoms with Gasteiger partial charge in [-0.3, -0.25) is 4.79 Å². The zero-order valence-electron chi connectivity index (χ0n) is 17.7. The summed E-state index contributed by atoms with van der Waals surface area (Å²) < 4.78 is 18.4. The smallest absolute Gasteiger partial charge is 0.229 e. The topological polar surface area (TPSA) is 95.5 Å². The monoisotopic (exact) mass is 417 g/mol. The van der Waals surface area contributed by atoms with Crippen molar-refractivity contribution in [3.8, 4) is 0 Å². The van der Waals surface area contributed by atoms with Crippen molar-refractivity contribution in [1.29, 1.82) is 0 Å². The molecule has 0 unspecified atom stereocenters. The largest absolute Gasteiger partial charge is 0.385 e. The number of rotatable bonds is 8. The number of aryl methyl sites for hydroxylation is 1. The van der Waals surface area contributed by atoms with Gasteiger partial charge in [-0.2, -0.15) is 4.98 Å². The second kappa shape index (κ2) is 9.70. The molecular weight excluding hydrogens is 386 g/mol. The van der Waals surface area contributed by atoms with E-state index in [-0.39, 0.29) is 17.2 Å². The number of hydrogen-bond acceptors (Lipinski definition) is 7. The average Bonchev–Trinajstić information content (AvgIpc) is 3.50. The third-order valence-corrected chi connectivity index (χ3v) is 6.49. The molecule has 9 heteroatoms. The predicted octanol–water partition coefficient (Wildman–Crippen LogP) is 2.15. The van der Waals surface area contributed by atoms with E-state index in [1.54, 1.807) is 19.6 Å². The first-order valence-corrected chi connectivity index (χ1v) is 10.8. The van der Waals surface area contributed by atoms with Crippen LogP contribution in [0.15, 0.2) is 23.2 Å². The number of likely N-dealkylation sites (tertiary alicyclic amines) is 1. The van der Waals surface area contributed by atoms with E-state index in [1.807, 2.05) is 15.7 Å². The molecule has 2 aromatic rings. The first-order chi connectivity index (χ1) is 14.7. The minimum atomic E-state index is -0.204. The average molecular weight is 418 g/mol. The first-order valence-electron chi connectivity index (χ1n) is 10.8. The molecule has 0 spiro atoms. The molecule has 0 radical (unpaired) electrons. The minimum absolute atomic E-state index is 0.181. The van der Waals surface area contributed by atoms with Crippen molar-refractivity contribution < 1.29 is 18.8 Å². The molecule has 4 heterocycles. The van der Waals surface area contributed by atoms with E-state index in [4.69, 9.17) is 19.0 Å². The second-order valence-electron chi connectivity index (χ2n) is 8.30. The van der Waals surface area contributed by atoms with Gasteiger partial charge in [-0.15, -0.1) is 0 Å². The highest BCUT2D eigenvalue weighted by atomic mass is 16.5. The van der Waals surface area contributed by atoms with E-state index in [0.717, 1.165) is 57.0 Å². The van der Waals surface area contributed by atoms with Crippen LogP contribution in [-0.2, 0) is 26.2 Å². The molecule has 0 atom stereocenters. The van der Waals surface area contributed by atoms with Gasteiger partial charge in [0.2, 0.25) is 11.8 Å². The molecular formula is C21H31N5O4. The van der Waals surface area contributed by atoms with Crippen LogP contribution in [0.25, 0.3) is 0 Å². The third kappa shape index (κ3) is 4.73. The highest BCUT2D eigenvalue weighted by Gasteiger charge is 2.41. The molecule has 30 heavy (non-hydrogen) atoms. The summed E-state index contributed by atoms with van der Waals surface area (Å²) in [5, 5.41) is 4.38. The normalized spacial score (nSPS) is 19.8. The lowest BCUT2D eigenvalue weighted by Gasteiger charge is -2.40. The van der Waals surface area contributed by atoms with Gasteiger partial charge in [-0.25, -0.2) is 4.98 Å². The van der Waals surface area contributed by atoms with Crippen LogP contribution in [0.4, 0.5) is 0 Å². The number of ether oxygens (including phenoxy) is 2. The zero-order chi connectivity index (χ0) is 20.8. The summed E-state index contributed by atoms with van der Waals surface area (Å²) in [6.45, 7) is 4.18. The van der Waals surface area contributed by atoms with E-state index in [0.29, 0.717) is 32.7 Å². The number of imidazole rings is 1. The summed E-state index contributed by atoms with van der Waals surface area (Å²) in [6, 6.07) is 0. The molecule has 0 aliphatic carbocycles. The van der Waals surface area contributed by atoms with Crippen LogP contribution in [0.1, 0.15) is 56.2 Å². The van der Waals surface area contributed by atoms with Crippen molar-refractivity contribution in [2.45, 2.75) is 56.4 Å². The van der Waals surface area contributed by atoms with Crippen LogP contribution < -0.4 is 0 Å². The van der Waals surface area contributed by atoms with Crippen LogP contribution in [0, 0.1) is 0 Å². The molecule has 164 valence electrons. The molecule has 2 fully saturated rings. The van der Waals surface area contributed by atoms with Gasteiger partial charge in [-0.1, -0.05) is 5.16 Å². The van der Waals surface area contributed by atoms with Gasteiger partial charge < -0.3 is 23.5 Å². The summed E-state index contributed by atoms with van der Waals surface area (Å²) in [5.41, 5.74) is -0.204. The Morgan fingerprint density at radius 3 is 2.80 bits per heavy atom. The van der Waals surface area contributed by atoms with Gasteiger partial charge in [0, 0.05) is 76.7 Å². The van der Waals surface area contributed by atoms with Crippen molar-refractivity contribution in [1.82, 2.24) is 24.6 Å². The van der Waals surface area contributed by atoms with Crippen LogP contribution >= 0.6 is 0 Å². The Morgan fingerprint density at radius 1 is 1.30 bits per heavy atom. The maximum atomic E-state index is 12.7. The maximum Gasteiger partial charge on any atom is 0.229 e. The standard InChI is InChI=1S/C21H31N5O4/c1-28-15-7-21(20-23-19(30-24-20)17-3-13-29-14-4-17)5-10-26(11-6-21)18(27)2-9-25-12-8-22-16-25/h8,12,16-17H,2-7,9-11,13-15H2,1H3. The summed E-state index contributed by atoms with van der Waals surface area (Å²) in [5.74, 6) is 1.96. The summed E-state index contributed by atoms with van der Waals surface area (Å²) in [7, 11) is 1.71. The number of carbonyl (C=O) groups is 1. The number of methoxy groups -OCH3 is 1. The second-order valence-corrected chi connectivity index (χ2v) is 8.30. The fraction of sp³-hybridized carbons (Fsp3) is 0.714. The van der Waals surface area contributed by atoms with E-state index in [2.05, 4.69) is 10.1 Å². The summed E-state index contributed by atoms with van der Waals surface area (Å²) in [6.07, 6.45) is 10.1. The minimum Gasteiger partial charge on any atom is -0.385 e. The van der Waals surface area contributed by atoms with E-state index in [1.165, 1.54) is 0 Å². The van der Waals surface area contributed by atoms with Gasteiger partial charge in [0.25, 0.3) is 0 Å². The van der Waals surface area contributed by atoms with Crippen molar-refractivity contribution in [2.75, 3.05) is 40.0 Å². The van der Waals surface area contributed by atoms with Crippen molar-refractivity contribution in [3.05, 3.63) is 30.4 Å². The van der Waals surface area contributed by atoms with Crippen LogP contribution in [-0.4, -0.2) is 70.5 Å². The highest BCUT2D eigenvalue weighted by Crippen LogP contribution is 2.38. The third-order valence-electron chi connectivity index (χ3n) is 6.49. The molecule has 2 aromatic heterocycles. The van der Waals surface area contributed by atoms with Gasteiger partial charge in [0.1, 0.15) is 0 Å². The highest BCUT2D eigenvalue weighted by molar-refractivity contribution is 5.76. The zero-order valence-corrected chi connectivity index (χ0v) is 17.7. The van der Waals surface area contributed by atoms with E-state index in [9.17, 15) is 4.79 Å². The summed E-state index contributed by atoms with van der Waals surface area (Å²) >= 11 is 0. The Balaban J connectivity index is 1.39. The summed E-state index contributed by atoms with van der Waals surface area (Å²) in [4.78, 5) is 23.5. The lowest BCUT2D eigenvalue weighted by atomic mass is 9.75. The number of hydrogen-bond donors (Lipinski definition) is 0. The molecule has 0 saturated carbocycles. The lowest BCUT2D eigenvalue weighted by molar-refractivity contribution is -0.133. The van der Waals surface area contributed by atoms with Crippen molar-refractivity contribution in [2.24, 2.45) is 0 Å². The lowest BCUT2D eigenvalue weighted by Crippen LogP contribution is -2.46. The molecule has 2 aliphatic heterocycles. The Labute approximate surface area is 176 Å². The molecule has 0 N–H and O–H groups in total. The Kier molecular flexibility index (Phi) is 6.79.